The highest BCUT2D eigenvalue weighted by Crippen LogP contribution is 2.27. The van der Waals surface area contributed by atoms with Crippen LogP contribution in [0.1, 0.15) is 16.6 Å². The van der Waals surface area contributed by atoms with Crippen molar-refractivity contribution in [2.45, 2.75) is 25.6 Å². The molecule has 1 saturated heterocycles. The minimum Gasteiger partial charge on any atom is -0.390 e. The normalized spacial score (nSPS) is 21.1. The van der Waals surface area contributed by atoms with Gasteiger partial charge in [0.15, 0.2) is 5.52 Å². The van der Waals surface area contributed by atoms with Crippen molar-refractivity contribution in [2.75, 3.05) is 13.1 Å². The third-order valence-corrected chi connectivity index (χ3v) is 5.99. The maximum atomic E-state index is 12.3. The summed E-state index contributed by atoms with van der Waals surface area (Å²) in [4.78, 5) is 36.4. The summed E-state index contributed by atoms with van der Waals surface area (Å²) in [6.45, 7) is 3.82. The Kier molecular flexibility index (Phi) is 4.05. The molecule has 4 rings (SSSR count). The highest BCUT2D eigenvalue weighted by Gasteiger charge is 2.34. The highest BCUT2D eigenvalue weighted by atomic mass is 32.1. The van der Waals surface area contributed by atoms with E-state index in [9.17, 15) is 14.7 Å². The molecular formula is C16H20N6O3S. The van der Waals surface area contributed by atoms with Gasteiger partial charge in [0.2, 0.25) is 0 Å². The minimum atomic E-state index is -0.611. The van der Waals surface area contributed by atoms with E-state index in [0.29, 0.717) is 18.7 Å². The van der Waals surface area contributed by atoms with Gasteiger partial charge in [0.25, 0.3) is 5.56 Å². The summed E-state index contributed by atoms with van der Waals surface area (Å²) in [6, 6.07) is -0.272. The summed E-state index contributed by atoms with van der Waals surface area (Å²) < 4.78 is 4.21. The maximum Gasteiger partial charge on any atom is 0.332 e. The first-order valence-electron chi connectivity index (χ1n) is 8.30. The Labute approximate surface area is 152 Å². The van der Waals surface area contributed by atoms with Gasteiger partial charge in [-0.15, -0.1) is 11.3 Å². The summed E-state index contributed by atoms with van der Waals surface area (Å²) in [5, 5.41) is 10.6. The van der Waals surface area contributed by atoms with Crippen molar-refractivity contribution in [1.82, 2.24) is 28.6 Å². The number of aliphatic hydroxyl groups is 1. The van der Waals surface area contributed by atoms with Gasteiger partial charge in [0, 0.05) is 38.6 Å². The van der Waals surface area contributed by atoms with Gasteiger partial charge in [-0.1, -0.05) is 0 Å². The largest absolute Gasteiger partial charge is 0.390 e. The molecule has 10 heteroatoms. The predicted octanol–water partition coefficient (Wildman–Crippen LogP) is -0.384. The minimum absolute atomic E-state index is 0.235. The summed E-state index contributed by atoms with van der Waals surface area (Å²) in [5.74, 6) is 0. The van der Waals surface area contributed by atoms with Crippen LogP contribution in [-0.4, -0.2) is 52.9 Å². The predicted molar refractivity (Wildman–Crippen MR) is 97.4 cm³/mol. The molecule has 2 atom stereocenters. The van der Waals surface area contributed by atoms with Gasteiger partial charge in [0.1, 0.15) is 5.65 Å². The lowest BCUT2D eigenvalue weighted by atomic mass is 10.2. The van der Waals surface area contributed by atoms with Crippen LogP contribution in [0.2, 0.25) is 0 Å². The van der Waals surface area contributed by atoms with Gasteiger partial charge in [-0.05, 0) is 6.92 Å². The molecule has 1 fully saturated rings. The molecule has 4 heterocycles. The van der Waals surface area contributed by atoms with Gasteiger partial charge in [-0.25, -0.2) is 14.8 Å². The lowest BCUT2D eigenvalue weighted by Crippen LogP contribution is -2.38. The van der Waals surface area contributed by atoms with E-state index in [1.165, 1.54) is 16.5 Å². The standard InChI is InChI=1S/C16H20N6O3S/c1-9-12(26-8-18-9)6-21-4-10(11(23)5-21)22-7-17-13-14(22)19(2)16(25)20(3)15(13)24/h7-8,10-11,23H,4-6H2,1-3H3/t10-,11-/m0/s1. The first-order valence-corrected chi connectivity index (χ1v) is 9.18. The molecule has 0 spiro atoms. The van der Waals surface area contributed by atoms with Crippen LogP contribution in [0.25, 0.3) is 11.2 Å². The van der Waals surface area contributed by atoms with Crippen LogP contribution in [0, 0.1) is 6.92 Å². The average molecular weight is 376 g/mol. The number of aryl methyl sites for hydroxylation is 2. The fourth-order valence-corrected chi connectivity index (χ4v) is 4.39. The van der Waals surface area contributed by atoms with Crippen LogP contribution in [0.15, 0.2) is 21.4 Å². The van der Waals surface area contributed by atoms with E-state index in [2.05, 4.69) is 14.9 Å². The van der Waals surface area contributed by atoms with Crippen LogP contribution in [0.4, 0.5) is 0 Å². The maximum absolute atomic E-state index is 12.3. The number of aliphatic hydroxyl groups excluding tert-OH is 1. The lowest BCUT2D eigenvalue weighted by molar-refractivity contribution is 0.145. The van der Waals surface area contributed by atoms with Gasteiger partial charge in [0.05, 0.1) is 29.7 Å². The third-order valence-electron chi connectivity index (χ3n) is 5.07. The molecule has 26 heavy (non-hydrogen) atoms. The van der Waals surface area contributed by atoms with Crippen LogP contribution in [0.3, 0.4) is 0 Å². The smallest absolute Gasteiger partial charge is 0.332 e. The lowest BCUT2D eigenvalue weighted by Gasteiger charge is -2.18. The molecule has 0 saturated carbocycles. The first-order chi connectivity index (χ1) is 12.4. The molecule has 0 radical (unpaired) electrons. The Balaban J connectivity index is 1.71. The topological polar surface area (TPSA) is 98.2 Å². The molecule has 9 nitrogen and oxygen atoms in total. The molecule has 0 amide bonds. The van der Waals surface area contributed by atoms with E-state index in [1.807, 2.05) is 12.4 Å². The Hall–Kier alpha value is -2.30. The molecule has 138 valence electrons. The Morgan fingerprint density at radius 1 is 1.23 bits per heavy atom. The zero-order chi connectivity index (χ0) is 18.6. The fraction of sp³-hybridized carbons (Fsp3) is 0.500. The van der Waals surface area contributed by atoms with Gasteiger partial charge < -0.3 is 9.67 Å². The number of aromatic nitrogens is 5. The van der Waals surface area contributed by atoms with E-state index >= 15 is 0 Å². The zero-order valence-electron chi connectivity index (χ0n) is 14.8. The number of β-amino-alcohol motifs (C(OH)–C–C–N with tert-alkyl or cyclic N) is 1. The zero-order valence-corrected chi connectivity index (χ0v) is 15.6. The van der Waals surface area contributed by atoms with Crippen molar-refractivity contribution in [3.63, 3.8) is 0 Å². The van der Waals surface area contributed by atoms with Gasteiger partial charge in [-0.2, -0.15) is 0 Å². The van der Waals surface area contributed by atoms with Crippen molar-refractivity contribution in [1.29, 1.82) is 0 Å². The van der Waals surface area contributed by atoms with E-state index < -0.39 is 17.4 Å². The van der Waals surface area contributed by atoms with Crippen LogP contribution < -0.4 is 11.2 Å². The van der Waals surface area contributed by atoms with Crippen molar-refractivity contribution >= 4 is 22.5 Å². The Bertz CT molecular complexity index is 1090. The number of rotatable bonds is 3. The van der Waals surface area contributed by atoms with Crippen molar-refractivity contribution in [3.8, 4) is 0 Å². The average Bonchev–Trinajstić information content (AvgIpc) is 3.30. The van der Waals surface area contributed by atoms with E-state index in [-0.39, 0.29) is 11.6 Å². The van der Waals surface area contributed by atoms with E-state index in [0.717, 1.165) is 16.8 Å². The monoisotopic (exact) mass is 376 g/mol. The fourth-order valence-electron chi connectivity index (χ4n) is 3.57. The van der Waals surface area contributed by atoms with Gasteiger partial charge in [-0.3, -0.25) is 18.8 Å². The summed E-state index contributed by atoms with van der Waals surface area (Å²) >= 11 is 1.60. The Morgan fingerprint density at radius 2 is 2.00 bits per heavy atom. The van der Waals surface area contributed by atoms with E-state index in [4.69, 9.17) is 0 Å². The van der Waals surface area contributed by atoms with Crippen LogP contribution in [-0.2, 0) is 20.6 Å². The molecule has 3 aromatic heterocycles. The van der Waals surface area contributed by atoms with Crippen molar-refractivity contribution < 1.29 is 5.11 Å². The first kappa shape index (κ1) is 17.1. The molecule has 0 bridgehead atoms. The molecule has 3 aromatic rings. The number of likely N-dealkylation sites (tertiary alicyclic amines) is 1. The van der Waals surface area contributed by atoms with Crippen LogP contribution >= 0.6 is 11.3 Å². The third kappa shape index (κ3) is 2.52. The summed E-state index contributed by atoms with van der Waals surface area (Å²) in [7, 11) is 3.05. The molecule has 1 aliphatic rings. The molecular weight excluding hydrogens is 356 g/mol. The quantitative estimate of drug-likeness (QED) is 0.669. The highest BCUT2D eigenvalue weighted by molar-refractivity contribution is 7.09. The SMILES string of the molecule is Cc1ncsc1CN1C[C@H](O)[C@@H](n2cnc3c(=O)n(C)c(=O)n(C)c32)C1. The number of hydrogen-bond donors (Lipinski definition) is 1. The number of fused-ring (bicyclic) bond motifs is 1. The Morgan fingerprint density at radius 3 is 2.69 bits per heavy atom. The molecule has 0 aliphatic carbocycles. The number of hydrogen-bond acceptors (Lipinski definition) is 7. The number of thiazole rings is 1. The number of imidazole rings is 1. The second-order valence-electron chi connectivity index (χ2n) is 6.72. The second-order valence-corrected chi connectivity index (χ2v) is 7.66. The molecule has 1 aliphatic heterocycles. The van der Waals surface area contributed by atoms with Crippen LogP contribution in [0.5, 0.6) is 0 Å². The number of nitrogens with zero attached hydrogens (tertiary/aromatic N) is 6. The summed E-state index contributed by atoms with van der Waals surface area (Å²) in [6.07, 6.45) is 0.931. The van der Waals surface area contributed by atoms with Gasteiger partial charge >= 0.3 is 5.69 Å². The molecule has 1 N–H and O–H groups in total. The van der Waals surface area contributed by atoms with Crippen molar-refractivity contribution in [3.05, 3.63) is 43.2 Å². The van der Waals surface area contributed by atoms with Crippen molar-refractivity contribution in [2.24, 2.45) is 14.1 Å². The molecule has 0 aromatic carbocycles. The summed E-state index contributed by atoms with van der Waals surface area (Å²) in [5.41, 5.74) is 2.67. The molecule has 0 unspecified atom stereocenters. The van der Waals surface area contributed by atoms with E-state index in [1.54, 1.807) is 29.3 Å². The second kappa shape index (κ2) is 6.15.